The summed E-state index contributed by atoms with van der Waals surface area (Å²) in [5, 5.41) is 21.4. The van der Waals surface area contributed by atoms with Gasteiger partial charge in [-0.05, 0) is 30.9 Å². The highest BCUT2D eigenvalue weighted by Crippen LogP contribution is 2.47. The number of nitrogens with zero attached hydrogens (tertiary/aromatic N) is 3. The van der Waals surface area contributed by atoms with E-state index in [-0.39, 0.29) is 18.9 Å². The average molecular weight is 375 g/mol. The Bertz CT molecular complexity index is 892. The van der Waals surface area contributed by atoms with Gasteiger partial charge >= 0.3 is 5.97 Å². The van der Waals surface area contributed by atoms with Gasteiger partial charge in [-0.1, -0.05) is 12.1 Å². The summed E-state index contributed by atoms with van der Waals surface area (Å²) in [6, 6.07) is 6.14. The Morgan fingerprint density at radius 2 is 2.23 bits per heavy atom. The highest BCUT2D eigenvalue weighted by atomic mass is 32.1. The Morgan fingerprint density at radius 1 is 1.46 bits per heavy atom. The number of nitro groups is 1. The molecular formula is C17H17N3O5S. The number of hydrogen-bond donors (Lipinski definition) is 1. The van der Waals surface area contributed by atoms with Crippen molar-refractivity contribution in [2.45, 2.75) is 26.4 Å². The largest absolute Gasteiger partial charge is 0.465 e. The highest BCUT2D eigenvalue weighted by molar-refractivity contribution is 7.10. The zero-order chi connectivity index (χ0) is 18.8. The zero-order valence-electron chi connectivity index (χ0n) is 14.2. The first-order valence-corrected chi connectivity index (χ1v) is 8.80. The summed E-state index contributed by atoms with van der Waals surface area (Å²) < 4.78 is 9.44. The van der Waals surface area contributed by atoms with Gasteiger partial charge in [0, 0.05) is 29.3 Å². The number of esters is 1. The van der Waals surface area contributed by atoms with E-state index in [1.54, 1.807) is 26.0 Å². The maximum Gasteiger partial charge on any atom is 0.315 e. The number of aliphatic hydroxyl groups excluding tert-OH is 1. The van der Waals surface area contributed by atoms with E-state index in [1.165, 1.54) is 12.1 Å². The van der Waals surface area contributed by atoms with E-state index in [4.69, 9.17) is 4.74 Å². The van der Waals surface area contributed by atoms with Crippen LogP contribution < -0.4 is 0 Å². The molecule has 1 aliphatic heterocycles. The molecule has 0 saturated heterocycles. The predicted octanol–water partition coefficient (Wildman–Crippen LogP) is 2.96. The first kappa shape index (κ1) is 18.2. The summed E-state index contributed by atoms with van der Waals surface area (Å²) in [7, 11) is 0. The van der Waals surface area contributed by atoms with Gasteiger partial charge in [0.05, 0.1) is 23.8 Å². The molecule has 136 valence electrons. The number of nitro benzene ring substituents is 1. The molecule has 0 bridgehead atoms. The number of carbonyl (C=O) groups is 1. The Labute approximate surface area is 153 Å². The number of aliphatic imine (C=N–C) groups is 1. The summed E-state index contributed by atoms with van der Waals surface area (Å²) in [4.78, 5) is 27.8. The van der Waals surface area contributed by atoms with Crippen LogP contribution in [0.2, 0.25) is 0 Å². The number of carbonyl (C=O) groups excluding carboxylic acids is 1. The van der Waals surface area contributed by atoms with E-state index in [9.17, 15) is 20.0 Å². The molecule has 8 nitrogen and oxygen atoms in total. The third kappa shape index (κ3) is 3.11. The summed E-state index contributed by atoms with van der Waals surface area (Å²) >= 11 is 1.13. The Morgan fingerprint density at radius 3 is 2.88 bits per heavy atom. The van der Waals surface area contributed by atoms with Crippen LogP contribution in [0.4, 0.5) is 10.7 Å². The highest BCUT2D eigenvalue weighted by Gasteiger charge is 2.41. The third-order valence-electron chi connectivity index (χ3n) is 4.29. The summed E-state index contributed by atoms with van der Waals surface area (Å²) in [5.41, 5.74) is 2.12. The molecule has 1 aromatic carbocycles. The van der Waals surface area contributed by atoms with Crippen LogP contribution in [0.1, 0.15) is 36.6 Å². The smallest absolute Gasteiger partial charge is 0.315 e. The molecule has 9 heteroatoms. The Hall–Kier alpha value is -2.65. The second kappa shape index (κ2) is 7.30. The Balaban J connectivity index is 2.20. The molecule has 2 heterocycles. The maximum absolute atomic E-state index is 12.6. The number of ether oxygens (including phenoxy) is 1. The number of benzene rings is 1. The number of rotatable bonds is 5. The molecular weight excluding hydrogens is 358 g/mol. The van der Waals surface area contributed by atoms with Crippen LogP contribution >= 0.6 is 11.5 Å². The third-order valence-corrected chi connectivity index (χ3v) is 5.08. The second-order valence-corrected chi connectivity index (χ2v) is 6.57. The molecule has 0 aliphatic carbocycles. The molecule has 1 N–H and O–H groups in total. The number of fused-ring (bicyclic) bond motifs is 1. The fourth-order valence-electron chi connectivity index (χ4n) is 3.19. The van der Waals surface area contributed by atoms with Crippen molar-refractivity contribution >= 4 is 33.9 Å². The maximum atomic E-state index is 12.6. The first-order chi connectivity index (χ1) is 12.5. The number of aromatic nitrogens is 1. The van der Waals surface area contributed by atoms with Crippen molar-refractivity contribution in [3.05, 3.63) is 51.2 Å². The number of non-ortho nitro benzene ring substituents is 1. The minimum atomic E-state index is -0.730. The lowest BCUT2D eigenvalue weighted by Gasteiger charge is -2.29. The summed E-state index contributed by atoms with van der Waals surface area (Å²) in [6.07, 6.45) is 0. The van der Waals surface area contributed by atoms with Crippen LogP contribution in [-0.4, -0.2) is 32.7 Å². The topological polar surface area (TPSA) is 115 Å². The van der Waals surface area contributed by atoms with Crippen molar-refractivity contribution in [3.63, 3.8) is 0 Å². The van der Waals surface area contributed by atoms with E-state index in [0.717, 1.165) is 11.5 Å². The number of aliphatic hydroxyl groups is 1. The normalized spacial score (nSPS) is 18.8. The van der Waals surface area contributed by atoms with Gasteiger partial charge in [-0.2, -0.15) is 4.37 Å². The van der Waals surface area contributed by atoms with Crippen molar-refractivity contribution in [2.75, 3.05) is 6.61 Å². The van der Waals surface area contributed by atoms with E-state index in [0.29, 0.717) is 27.5 Å². The zero-order valence-corrected chi connectivity index (χ0v) is 15.0. The standard InChI is InChI=1S/C17H17N3O5S/c1-3-25-17(22)13-9(2)18-16-15(12(8-21)19-26-16)14(13)10-5-4-6-11(7-10)20(23)24/h4-7,13-14,21H,3,8H2,1-2H3. The van der Waals surface area contributed by atoms with Gasteiger partial charge in [0.1, 0.15) is 10.9 Å². The first-order valence-electron chi connectivity index (χ1n) is 8.03. The van der Waals surface area contributed by atoms with Gasteiger partial charge in [0.25, 0.3) is 5.69 Å². The molecule has 2 aromatic rings. The van der Waals surface area contributed by atoms with E-state index in [1.807, 2.05) is 0 Å². The van der Waals surface area contributed by atoms with Gasteiger partial charge in [-0.25, -0.2) is 4.99 Å². The molecule has 2 atom stereocenters. The summed E-state index contributed by atoms with van der Waals surface area (Å²) in [5.74, 6) is -1.74. The summed E-state index contributed by atoms with van der Waals surface area (Å²) in [6.45, 7) is 3.35. The van der Waals surface area contributed by atoms with Gasteiger partial charge in [-0.3, -0.25) is 14.9 Å². The van der Waals surface area contributed by atoms with Crippen molar-refractivity contribution in [1.29, 1.82) is 0 Å². The molecule has 3 rings (SSSR count). The van der Waals surface area contributed by atoms with Crippen LogP contribution in [0, 0.1) is 16.0 Å². The molecule has 0 spiro atoms. The minimum Gasteiger partial charge on any atom is -0.465 e. The SMILES string of the molecule is CCOC(=O)C1C(C)=Nc2snc(CO)c2C1c1cccc([N+](=O)[O-])c1. The van der Waals surface area contributed by atoms with Gasteiger partial charge in [0.15, 0.2) is 0 Å². The van der Waals surface area contributed by atoms with E-state index < -0.39 is 22.7 Å². The molecule has 0 saturated carbocycles. The average Bonchev–Trinajstić information content (AvgIpc) is 3.03. The lowest BCUT2D eigenvalue weighted by Crippen LogP contribution is -2.33. The quantitative estimate of drug-likeness (QED) is 0.488. The molecule has 1 aromatic heterocycles. The fourth-order valence-corrected chi connectivity index (χ4v) is 4.08. The lowest BCUT2D eigenvalue weighted by atomic mass is 9.76. The van der Waals surface area contributed by atoms with Crippen molar-refractivity contribution < 1.29 is 19.6 Å². The van der Waals surface area contributed by atoms with E-state index in [2.05, 4.69) is 9.37 Å². The molecule has 26 heavy (non-hydrogen) atoms. The molecule has 0 radical (unpaired) electrons. The molecule has 0 amide bonds. The van der Waals surface area contributed by atoms with Crippen LogP contribution in [0.25, 0.3) is 0 Å². The van der Waals surface area contributed by atoms with Crippen LogP contribution in [0.3, 0.4) is 0 Å². The fraction of sp³-hybridized carbons (Fsp3) is 0.353. The molecule has 2 unspecified atom stereocenters. The van der Waals surface area contributed by atoms with Gasteiger partial charge < -0.3 is 9.84 Å². The van der Waals surface area contributed by atoms with Crippen molar-refractivity contribution in [3.8, 4) is 0 Å². The number of hydrogen-bond acceptors (Lipinski definition) is 8. The minimum absolute atomic E-state index is 0.0689. The second-order valence-electron chi connectivity index (χ2n) is 5.82. The predicted molar refractivity (Wildman–Crippen MR) is 95.9 cm³/mol. The van der Waals surface area contributed by atoms with Crippen molar-refractivity contribution in [2.24, 2.45) is 10.9 Å². The van der Waals surface area contributed by atoms with Crippen LogP contribution in [0.15, 0.2) is 29.3 Å². The van der Waals surface area contributed by atoms with Crippen molar-refractivity contribution in [1.82, 2.24) is 4.37 Å². The Kier molecular flexibility index (Phi) is 5.10. The van der Waals surface area contributed by atoms with Crippen LogP contribution in [0.5, 0.6) is 0 Å². The van der Waals surface area contributed by atoms with Gasteiger partial charge in [-0.15, -0.1) is 0 Å². The van der Waals surface area contributed by atoms with Gasteiger partial charge in [0.2, 0.25) is 0 Å². The monoisotopic (exact) mass is 375 g/mol. The van der Waals surface area contributed by atoms with E-state index >= 15 is 0 Å². The molecule has 0 fully saturated rings. The molecule has 1 aliphatic rings. The lowest BCUT2D eigenvalue weighted by molar-refractivity contribution is -0.384. The van der Waals surface area contributed by atoms with Crippen LogP contribution in [-0.2, 0) is 16.1 Å².